The maximum atomic E-state index is 12.6. The maximum Gasteiger partial charge on any atom is 0.276 e. The first-order valence-electron chi connectivity index (χ1n) is 8.46. The van der Waals surface area contributed by atoms with Crippen molar-refractivity contribution in [1.82, 2.24) is 14.2 Å². The second kappa shape index (κ2) is 7.34. The molecule has 0 saturated carbocycles. The zero-order valence-electron chi connectivity index (χ0n) is 14.2. The Bertz CT molecular complexity index is 880. The third-order valence-electron chi connectivity index (χ3n) is 4.22. The minimum atomic E-state index is 0.00986. The molecule has 2 aromatic heterocycles. The predicted octanol–water partition coefficient (Wildman–Crippen LogP) is 3.75. The standard InChI is InChI=1S/C19H23N3O2/c1-3-4-5-6-10-21-11-12-22-18(19(21)23)14-17(20-22)15-8-7-9-16(13-15)24-2/h7-9,11-14H,3-6,10H2,1-2H3. The zero-order valence-corrected chi connectivity index (χ0v) is 14.2. The van der Waals surface area contributed by atoms with E-state index in [4.69, 9.17) is 4.74 Å². The summed E-state index contributed by atoms with van der Waals surface area (Å²) in [6.45, 7) is 2.94. The molecule has 0 radical (unpaired) electrons. The van der Waals surface area contributed by atoms with Crippen molar-refractivity contribution in [3.63, 3.8) is 0 Å². The summed E-state index contributed by atoms with van der Waals surface area (Å²) in [5.41, 5.74) is 2.32. The molecule has 0 atom stereocenters. The highest BCUT2D eigenvalue weighted by molar-refractivity contribution is 5.66. The van der Waals surface area contributed by atoms with Gasteiger partial charge >= 0.3 is 0 Å². The highest BCUT2D eigenvalue weighted by atomic mass is 16.5. The van der Waals surface area contributed by atoms with Crippen molar-refractivity contribution in [2.45, 2.75) is 39.2 Å². The van der Waals surface area contributed by atoms with Crippen molar-refractivity contribution in [3.05, 3.63) is 53.1 Å². The summed E-state index contributed by atoms with van der Waals surface area (Å²) in [6.07, 6.45) is 8.26. The van der Waals surface area contributed by atoms with Gasteiger partial charge in [0.2, 0.25) is 0 Å². The van der Waals surface area contributed by atoms with Crippen LogP contribution < -0.4 is 10.3 Å². The monoisotopic (exact) mass is 325 g/mol. The van der Waals surface area contributed by atoms with Crippen LogP contribution >= 0.6 is 0 Å². The third-order valence-corrected chi connectivity index (χ3v) is 4.22. The summed E-state index contributed by atoms with van der Waals surface area (Å²) >= 11 is 0. The summed E-state index contributed by atoms with van der Waals surface area (Å²) < 4.78 is 8.69. The molecule has 0 aliphatic carbocycles. The Morgan fingerprint density at radius 3 is 2.79 bits per heavy atom. The minimum absolute atomic E-state index is 0.00986. The summed E-state index contributed by atoms with van der Waals surface area (Å²) in [7, 11) is 1.64. The molecule has 3 rings (SSSR count). The molecule has 1 aromatic carbocycles. The predicted molar refractivity (Wildman–Crippen MR) is 95.6 cm³/mol. The molecule has 126 valence electrons. The van der Waals surface area contributed by atoms with Crippen LogP contribution in [0.15, 0.2) is 47.5 Å². The number of aromatic nitrogens is 3. The SMILES string of the molecule is CCCCCCn1ccn2nc(-c3cccc(OC)c3)cc2c1=O. The Balaban J connectivity index is 1.90. The fourth-order valence-corrected chi connectivity index (χ4v) is 2.83. The first kappa shape index (κ1) is 16.3. The maximum absolute atomic E-state index is 12.6. The van der Waals surface area contributed by atoms with E-state index in [1.807, 2.05) is 42.7 Å². The smallest absolute Gasteiger partial charge is 0.276 e. The van der Waals surface area contributed by atoms with E-state index in [1.54, 1.807) is 16.2 Å². The van der Waals surface area contributed by atoms with E-state index >= 15 is 0 Å². The van der Waals surface area contributed by atoms with Gasteiger partial charge < -0.3 is 9.30 Å². The third kappa shape index (κ3) is 3.35. The first-order valence-corrected chi connectivity index (χ1v) is 8.46. The second-order valence-corrected chi connectivity index (χ2v) is 5.95. The average Bonchev–Trinajstić information content (AvgIpc) is 3.06. The highest BCUT2D eigenvalue weighted by Crippen LogP contribution is 2.23. The van der Waals surface area contributed by atoms with Gasteiger partial charge in [-0.2, -0.15) is 5.10 Å². The van der Waals surface area contributed by atoms with Crippen LogP contribution in [0, 0.1) is 0 Å². The van der Waals surface area contributed by atoms with E-state index in [2.05, 4.69) is 12.0 Å². The lowest BCUT2D eigenvalue weighted by molar-refractivity contribution is 0.415. The molecule has 0 N–H and O–H groups in total. The van der Waals surface area contributed by atoms with Crippen LogP contribution in [0.3, 0.4) is 0 Å². The quantitative estimate of drug-likeness (QED) is 0.622. The number of fused-ring (bicyclic) bond motifs is 1. The zero-order chi connectivity index (χ0) is 16.9. The number of methoxy groups -OCH3 is 1. The van der Waals surface area contributed by atoms with Crippen LogP contribution in [0.25, 0.3) is 16.8 Å². The van der Waals surface area contributed by atoms with Crippen LogP contribution in [0.1, 0.15) is 32.6 Å². The van der Waals surface area contributed by atoms with E-state index in [1.165, 1.54) is 12.8 Å². The highest BCUT2D eigenvalue weighted by Gasteiger charge is 2.09. The molecule has 0 saturated heterocycles. The lowest BCUT2D eigenvalue weighted by Crippen LogP contribution is -2.21. The topological polar surface area (TPSA) is 48.5 Å². The molecule has 0 bridgehead atoms. The summed E-state index contributed by atoms with van der Waals surface area (Å²) in [5.74, 6) is 0.776. The van der Waals surface area contributed by atoms with Gasteiger partial charge in [0, 0.05) is 24.5 Å². The molecule has 0 aliphatic rings. The normalized spacial score (nSPS) is 11.1. The molecule has 0 spiro atoms. The van der Waals surface area contributed by atoms with Gasteiger partial charge in [-0.15, -0.1) is 0 Å². The fraction of sp³-hybridized carbons (Fsp3) is 0.368. The van der Waals surface area contributed by atoms with Crippen molar-refractivity contribution in [2.24, 2.45) is 0 Å². The Morgan fingerprint density at radius 1 is 1.12 bits per heavy atom. The Labute approximate surface area is 141 Å². The molecule has 0 aliphatic heterocycles. The molecular formula is C19H23N3O2. The van der Waals surface area contributed by atoms with E-state index in [0.29, 0.717) is 5.52 Å². The van der Waals surface area contributed by atoms with Crippen LogP contribution in [-0.2, 0) is 6.54 Å². The number of nitrogens with zero attached hydrogens (tertiary/aromatic N) is 3. The molecule has 24 heavy (non-hydrogen) atoms. The number of unbranched alkanes of at least 4 members (excludes halogenated alkanes) is 3. The van der Waals surface area contributed by atoms with Gasteiger partial charge in [-0.05, 0) is 24.6 Å². The minimum Gasteiger partial charge on any atom is -0.497 e. The van der Waals surface area contributed by atoms with E-state index in [0.717, 1.165) is 36.4 Å². The van der Waals surface area contributed by atoms with Gasteiger partial charge in [0.15, 0.2) is 0 Å². The van der Waals surface area contributed by atoms with Crippen molar-refractivity contribution < 1.29 is 4.74 Å². The first-order chi connectivity index (χ1) is 11.7. The number of rotatable bonds is 7. The van der Waals surface area contributed by atoms with Crippen LogP contribution in [0.5, 0.6) is 5.75 Å². The Kier molecular flexibility index (Phi) is 4.99. The lowest BCUT2D eigenvalue weighted by Gasteiger charge is -2.05. The number of benzene rings is 1. The number of aryl methyl sites for hydroxylation is 1. The van der Waals surface area contributed by atoms with Gasteiger partial charge in [-0.3, -0.25) is 4.79 Å². The molecule has 5 heteroatoms. The van der Waals surface area contributed by atoms with Crippen molar-refractivity contribution >= 4 is 5.52 Å². The fourth-order valence-electron chi connectivity index (χ4n) is 2.83. The molecule has 0 amide bonds. The molecular weight excluding hydrogens is 302 g/mol. The summed E-state index contributed by atoms with van der Waals surface area (Å²) in [6, 6.07) is 9.55. The van der Waals surface area contributed by atoms with Gasteiger partial charge in [0.1, 0.15) is 11.3 Å². The van der Waals surface area contributed by atoms with E-state index in [-0.39, 0.29) is 5.56 Å². The Morgan fingerprint density at radius 2 is 2.00 bits per heavy atom. The molecule has 0 fully saturated rings. The van der Waals surface area contributed by atoms with Gasteiger partial charge in [-0.1, -0.05) is 38.3 Å². The molecule has 3 aromatic rings. The van der Waals surface area contributed by atoms with Crippen LogP contribution in [0.4, 0.5) is 0 Å². The Hall–Kier alpha value is -2.56. The largest absolute Gasteiger partial charge is 0.497 e. The van der Waals surface area contributed by atoms with Gasteiger partial charge in [-0.25, -0.2) is 4.52 Å². The van der Waals surface area contributed by atoms with E-state index < -0.39 is 0 Å². The van der Waals surface area contributed by atoms with Gasteiger partial charge in [0.25, 0.3) is 5.56 Å². The second-order valence-electron chi connectivity index (χ2n) is 5.95. The molecule has 0 unspecified atom stereocenters. The van der Waals surface area contributed by atoms with E-state index in [9.17, 15) is 4.79 Å². The number of hydrogen-bond donors (Lipinski definition) is 0. The number of hydrogen-bond acceptors (Lipinski definition) is 3. The molecule has 2 heterocycles. The van der Waals surface area contributed by atoms with Crippen molar-refractivity contribution in [3.8, 4) is 17.0 Å². The van der Waals surface area contributed by atoms with Crippen molar-refractivity contribution in [2.75, 3.05) is 7.11 Å². The van der Waals surface area contributed by atoms with Gasteiger partial charge in [0.05, 0.1) is 12.8 Å². The average molecular weight is 325 g/mol. The number of ether oxygens (including phenoxy) is 1. The van der Waals surface area contributed by atoms with Crippen LogP contribution in [0.2, 0.25) is 0 Å². The van der Waals surface area contributed by atoms with Crippen molar-refractivity contribution in [1.29, 1.82) is 0 Å². The summed E-state index contributed by atoms with van der Waals surface area (Å²) in [4.78, 5) is 12.6. The van der Waals surface area contributed by atoms with Crippen LogP contribution in [-0.4, -0.2) is 21.3 Å². The molecule has 5 nitrogen and oxygen atoms in total. The summed E-state index contributed by atoms with van der Waals surface area (Å²) in [5, 5.41) is 4.52. The lowest BCUT2D eigenvalue weighted by atomic mass is 10.1.